The van der Waals surface area contributed by atoms with Gasteiger partial charge in [0.25, 0.3) is 0 Å². The van der Waals surface area contributed by atoms with Crippen molar-refractivity contribution in [2.45, 2.75) is 13.8 Å². The Balaban J connectivity index is 2.24. The molecule has 0 aliphatic rings. The minimum absolute atomic E-state index is 0.0637. The van der Waals surface area contributed by atoms with E-state index in [2.05, 4.69) is 0 Å². The molecule has 0 fully saturated rings. The molecule has 0 amide bonds. The second-order valence-corrected chi connectivity index (χ2v) is 7.77. The fourth-order valence-corrected chi connectivity index (χ4v) is 3.14. The highest BCUT2D eigenvalue weighted by Crippen LogP contribution is 2.16. The van der Waals surface area contributed by atoms with Gasteiger partial charge < -0.3 is 9.47 Å². The Morgan fingerprint density at radius 2 is 1.80 bits per heavy atom. The molecule has 114 valence electrons. The lowest BCUT2D eigenvalue weighted by molar-refractivity contribution is 0.0677. The summed E-state index contributed by atoms with van der Waals surface area (Å²) in [5, 5.41) is 0. The first-order valence-corrected chi connectivity index (χ1v) is 9.04. The van der Waals surface area contributed by atoms with Gasteiger partial charge in [-0.15, -0.1) is 0 Å². The fraction of sp³-hybridized carbons (Fsp3) is 0.571. The molecule has 0 heterocycles. The van der Waals surface area contributed by atoms with E-state index in [0.29, 0.717) is 19.8 Å². The summed E-state index contributed by atoms with van der Waals surface area (Å²) in [5.41, 5.74) is 0. The summed E-state index contributed by atoms with van der Waals surface area (Å²) >= 11 is 0. The number of hydrogen-bond acceptors (Lipinski definition) is 4. The van der Waals surface area contributed by atoms with Crippen molar-refractivity contribution in [1.82, 2.24) is 0 Å². The minimum atomic E-state index is -3.49. The van der Waals surface area contributed by atoms with Crippen LogP contribution in [-0.2, 0) is 13.8 Å². The van der Waals surface area contributed by atoms with Crippen molar-refractivity contribution in [3.05, 3.63) is 30.3 Å². The average Bonchev–Trinajstić information content (AvgIpc) is 2.36. The van der Waals surface area contributed by atoms with Crippen molar-refractivity contribution in [1.29, 1.82) is 0 Å². The van der Waals surface area contributed by atoms with Gasteiger partial charge in [-0.05, 0) is 24.0 Å². The van der Waals surface area contributed by atoms with Gasteiger partial charge in [-0.3, -0.25) is 0 Å². The smallest absolute Gasteiger partial charge is 0.232 e. The highest BCUT2D eigenvalue weighted by atomic mass is 35.7. The van der Waals surface area contributed by atoms with Crippen molar-refractivity contribution in [3.63, 3.8) is 0 Å². The third-order valence-corrected chi connectivity index (χ3v) is 4.13. The lowest BCUT2D eigenvalue weighted by Crippen LogP contribution is -2.24. The lowest BCUT2D eigenvalue weighted by Gasteiger charge is -2.19. The van der Waals surface area contributed by atoms with E-state index in [1.165, 1.54) is 0 Å². The largest absolute Gasteiger partial charge is 0.491 e. The Morgan fingerprint density at radius 3 is 2.35 bits per heavy atom. The van der Waals surface area contributed by atoms with E-state index in [1.807, 2.05) is 44.2 Å². The number of benzene rings is 1. The molecule has 0 aromatic heterocycles. The van der Waals surface area contributed by atoms with E-state index in [1.54, 1.807) is 0 Å². The van der Waals surface area contributed by atoms with Crippen molar-refractivity contribution in [2.75, 3.05) is 25.6 Å². The quantitative estimate of drug-likeness (QED) is 0.518. The molecule has 0 N–H and O–H groups in total. The molecular formula is C14H21ClO4S. The van der Waals surface area contributed by atoms with Crippen LogP contribution in [0.25, 0.3) is 0 Å². The second-order valence-electron chi connectivity index (χ2n) is 4.95. The fourth-order valence-electron chi connectivity index (χ4n) is 1.66. The molecule has 0 bridgehead atoms. The monoisotopic (exact) mass is 320 g/mol. The van der Waals surface area contributed by atoms with Crippen LogP contribution in [0.15, 0.2) is 30.3 Å². The van der Waals surface area contributed by atoms with Crippen LogP contribution in [0.4, 0.5) is 0 Å². The first kappa shape index (κ1) is 17.3. The van der Waals surface area contributed by atoms with Crippen LogP contribution in [0.2, 0.25) is 0 Å². The lowest BCUT2D eigenvalue weighted by atomic mass is 9.99. The predicted molar refractivity (Wildman–Crippen MR) is 80.7 cm³/mol. The van der Waals surface area contributed by atoms with Crippen LogP contribution >= 0.6 is 10.7 Å². The summed E-state index contributed by atoms with van der Waals surface area (Å²) in [4.78, 5) is 0. The van der Waals surface area contributed by atoms with Gasteiger partial charge in [0, 0.05) is 10.7 Å². The molecule has 20 heavy (non-hydrogen) atoms. The van der Waals surface area contributed by atoms with Gasteiger partial charge in [0.05, 0.1) is 19.0 Å². The number of para-hydroxylation sites is 1. The minimum Gasteiger partial charge on any atom is -0.491 e. The molecule has 6 heteroatoms. The van der Waals surface area contributed by atoms with Gasteiger partial charge in [-0.1, -0.05) is 32.0 Å². The van der Waals surface area contributed by atoms with E-state index >= 15 is 0 Å². The summed E-state index contributed by atoms with van der Waals surface area (Å²) in [6, 6.07) is 9.46. The zero-order valence-electron chi connectivity index (χ0n) is 11.8. The molecule has 0 aliphatic heterocycles. The maximum absolute atomic E-state index is 11.1. The van der Waals surface area contributed by atoms with Crippen molar-refractivity contribution < 1.29 is 17.9 Å². The molecular weight excluding hydrogens is 300 g/mol. The zero-order valence-corrected chi connectivity index (χ0v) is 13.4. The maximum atomic E-state index is 11.1. The Bertz CT molecular complexity index is 473. The van der Waals surface area contributed by atoms with Gasteiger partial charge in [0.15, 0.2) is 0 Å². The van der Waals surface area contributed by atoms with Crippen LogP contribution in [0.3, 0.4) is 0 Å². The number of ether oxygens (including phenoxy) is 2. The molecule has 1 atom stereocenters. The van der Waals surface area contributed by atoms with E-state index in [-0.39, 0.29) is 17.6 Å². The number of rotatable bonds is 9. The first-order valence-electron chi connectivity index (χ1n) is 6.56. The predicted octanol–water partition coefficient (Wildman–Crippen LogP) is 2.92. The SMILES string of the molecule is CC(C)C(COCCOc1ccccc1)CS(=O)(=O)Cl. The van der Waals surface area contributed by atoms with Gasteiger partial charge >= 0.3 is 0 Å². The molecule has 0 aliphatic carbocycles. The van der Waals surface area contributed by atoms with Gasteiger partial charge in [0.2, 0.25) is 9.05 Å². The molecule has 1 unspecified atom stereocenters. The summed E-state index contributed by atoms with van der Waals surface area (Å²) in [5.74, 6) is 0.818. The molecule has 0 spiro atoms. The van der Waals surface area contributed by atoms with Crippen molar-refractivity contribution >= 4 is 19.7 Å². The van der Waals surface area contributed by atoms with Crippen molar-refractivity contribution in [3.8, 4) is 5.75 Å². The molecule has 1 aromatic carbocycles. The van der Waals surface area contributed by atoms with E-state index < -0.39 is 9.05 Å². The van der Waals surface area contributed by atoms with E-state index in [9.17, 15) is 8.42 Å². The summed E-state index contributed by atoms with van der Waals surface area (Å²) < 4.78 is 33.2. The molecule has 1 aromatic rings. The first-order chi connectivity index (χ1) is 9.38. The topological polar surface area (TPSA) is 52.6 Å². The van der Waals surface area contributed by atoms with Crippen LogP contribution in [0.1, 0.15) is 13.8 Å². The third kappa shape index (κ3) is 7.72. The molecule has 0 radical (unpaired) electrons. The number of hydrogen-bond donors (Lipinski definition) is 0. The van der Waals surface area contributed by atoms with E-state index in [0.717, 1.165) is 5.75 Å². The van der Waals surface area contributed by atoms with Crippen molar-refractivity contribution in [2.24, 2.45) is 11.8 Å². The highest BCUT2D eigenvalue weighted by Gasteiger charge is 2.20. The van der Waals surface area contributed by atoms with Gasteiger partial charge in [-0.25, -0.2) is 8.42 Å². The zero-order chi connectivity index (χ0) is 15.0. The summed E-state index contributed by atoms with van der Waals surface area (Å²) in [6.07, 6.45) is 0. The van der Waals surface area contributed by atoms with Crippen LogP contribution in [-0.4, -0.2) is 34.0 Å². The van der Waals surface area contributed by atoms with Gasteiger partial charge in [0.1, 0.15) is 12.4 Å². The van der Waals surface area contributed by atoms with Crippen LogP contribution < -0.4 is 4.74 Å². The Hall–Kier alpha value is -0.780. The number of halogens is 1. The van der Waals surface area contributed by atoms with E-state index in [4.69, 9.17) is 20.2 Å². The maximum Gasteiger partial charge on any atom is 0.232 e. The van der Waals surface area contributed by atoms with Gasteiger partial charge in [-0.2, -0.15) is 0 Å². The van der Waals surface area contributed by atoms with Crippen LogP contribution in [0.5, 0.6) is 5.75 Å². The Kier molecular flexibility index (Phi) is 7.34. The average molecular weight is 321 g/mol. The summed E-state index contributed by atoms with van der Waals surface area (Å²) in [6.45, 7) is 5.12. The summed E-state index contributed by atoms with van der Waals surface area (Å²) in [7, 11) is 1.79. The Labute approximate surface area is 125 Å². The third-order valence-electron chi connectivity index (χ3n) is 2.93. The standard InChI is InChI=1S/C14H21ClO4S/c1-12(2)13(11-20(15,16)17)10-18-8-9-19-14-6-4-3-5-7-14/h3-7,12-13H,8-11H2,1-2H3. The second kappa shape index (κ2) is 8.49. The Morgan fingerprint density at radius 1 is 1.15 bits per heavy atom. The van der Waals surface area contributed by atoms with Crippen LogP contribution in [0, 0.1) is 11.8 Å². The molecule has 1 rings (SSSR count). The molecule has 0 saturated heterocycles. The molecule has 4 nitrogen and oxygen atoms in total. The molecule has 0 saturated carbocycles. The normalized spacial score (nSPS) is 13.4. The highest BCUT2D eigenvalue weighted by molar-refractivity contribution is 8.13.